The van der Waals surface area contributed by atoms with Crippen LogP contribution in [0.3, 0.4) is 0 Å². The van der Waals surface area contributed by atoms with Crippen LogP contribution in [-0.2, 0) is 14.8 Å². The average molecular weight is 353 g/mol. The van der Waals surface area contributed by atoms with Crippen LogP contribution in [0, 0.1) is 19.8 Å². The summed E-state index contributed by atoms with van der Waals surface area (Å²) in [5, 5.41) is 2.95. The van der Waals surface area contributed by atoms with Crippen molar-refractivity contribution in [2.24, 2.45) is 5.92 Å². The second-order valence-corrected chi connectivity index (χ2v) is 8.51. The van der Waals surface area contributed by atoms with Crippen molar-refractivity contribution in [1.82, 2.24) is 9.62 Å². The minimum atomic E-state index is -3.47. The van der Waals surface area contributed by atoms with Gasteiger partial charge in [0, 0.05) is 25.6 Å². The van der Waals surface area contributed by atoms with Gasteiger partial charge in [-0.25, -0.2) is 8.42 Å². The quantitative estimate of drug-likeness (QED) is 0.800. The summed E-state index contributed by atoms with van der Waals surface area (Å²) < 4.78 is 27.0. The van der Waals surface area contributed by atoms with Crippen LogP contribution in [0.2, 0.25) is 0 Å². The van der Waals surface area contributed by atoms with Gasteiger partial charge in [0.1, 0.15) is 0 Å². The third-order valence-electron chi connectivity index (χ3n) is 4.77. The number of amides is 1. The van der Waals surface area contributed by atoms with Crippen LogP contribution in [0.15, 0.2) is 23.1 Å². The molecule has 6 heteroatoms. The number of piperidine rings is 1. The van der Waals surface area contributed by atoms with Crippen LogP contribution in [0.25, 0.3) is 0 Å². The first-order chi connectivity index (χ1) is 11.4. The van der Waals surface area contributed by atoms with E-state index in [1.54, 1.807) is 12.1 Å². The Balaban J connectivity index is 1.98. The molecule has 24 heavy (non-hydrogen) atoms. The van der Waals surface area contributed by atoms with Crippen molar-refractivity contribution in [3.8, 4) is 0 Å². The Morgan fingerprint density at radius 1 is 1.21 bits per heavy atom. The standard InChI is InChI=1S/C18H28N2O3S/c1-4-5-10-19-18(21)16-8-11-20(12-9-16)24(22,23)17-7-6-14(2)15(3)13-17/h6-7,13,16H,4-5,8-12H2,1-3H3,(H,19,21). The predicted molar refractivity (Wildman–Crippen MR) is 95.3 cm³/mol. The summed E-state index contributed by atoms with van der Waals surface area (Å²) in [6.45, 7) is 7.48. The number of rotatable bonds is 6. The van der Waals surface area contributed by atoms with E-state index in [0.717, 1.165) is 24.0 Å². The molecule has 0 spiro atoms. The highest BCUT2D eigenvalue weighted by Crippen LogP contribution is 2.25. The fourth-order valence-electron chi connectivity index (χ4n) is 2.91. The lowest BCUT2D eigenvalue weighted by Gasteiger charge is -2.30. The highest BCUT2D eigenvalue weighted by atomic mass is 32.2. The van der Waals surface area contributed by atoms with Crippen LogP contribution >= 0.6 is 0 Å². The number of sulfonamides is 1. The molecule has 1 fully saturated rings. The Bertz CT molecular complexity index is 678. The molecule has 0 bridgehead atoms. The van der Waals surface area contributed by atoms with Gasteiger partial charge in [-0.2, -0.15) is 4.31 Å². The van der Waals surface area contributed by atoms with Gasteiger partial charge < -0.3 is 5.32 Å². The minimum Gasteiger partial charge on any atom is -0.356 e. The fourth-order valence-corrected chi connectivity index (χ4v) is 4.47. The van der Waals surface area contributed by atoms with Gasteiger partial charge in [-0.15, -0.1) is 0 Å². The van der Waals surface area contributed by atoms with E-state index in [1.165, 1.54) is 4.31 Å². The number of hydrogen-bond acceptors (Lipinski definition) is 3. The number of aryl methyl sites for hydroxylation is 2. The molecule has 1 aliphatic heterocycles. The molecule has 1 saturated heterocycles. The molecule has 0 aliphatic carbocycles. The van der Waals surface area contributed by atoms with Gasteiger partial charge in [-0.05, 0) is 56.4 Å². The Kier molecular flexibility index (Phi) is 6.40. The molecule has 0 unspecified atom stereocenters. The van der Waals surface area contributed by atoms with Crippen molar-refractivity contribution in [2.45, 2.75) is 51.3 Å². The van der Waals surface area contributed by atoms with Crippen LogP contribution < -0.4 is 5.32 Å². The summed E-state index contributed by atoms with van der Waals surface area (Å²) in [5.41, 5.74) is 2.05. The van der Waals surface area contributed by atoms with E-state index in [4.69, 9.17) is 0 Å². The van der Waals surface area contributed by atoms with E-state index in [-0.39, 0.29) is 11.8 Å². The van der Waals surface area contributed by atoms with Crippen LogP contribution in [0.1, 0.15) is 43.7 Å². The topological polar surface area (TPSA) is 66.5 Å². The Hall–Kier alpha value is -1.40. The van der Waals surface area contributed by atoms with E-state index in [1.807, 2.05) is 19.9 Å². The number of benzene rings is 1. The molecular weight excluding hydrogens is 324 g/mol. The van der Waals surface area contributed by atoms with Gasteiger partial charge in [0.25, 0.3) is 0 Å². The second-order valence-electron chi connectivity index (χ2n) is 6.57. The maximum Gasteiger partial charge on any atom is 0.243 e. The minimum absolute atomic E-state index is 0.0617. The first-order valence-electron chi connectivity index (χ1n) is 8.71. The second kappa shape index (κ2) is 8.12. The fraction of sp³-hybridized carbons (Fsp3) is 0.611. The smallest absolute Gasteiger partial charge is 0.243 e. The maximum atomic E-state index is 12.8. The third-order valence-corrected chi connectivity index (χ3v) is 6.67. The summed E-state index contributed by atoms with van der Waals surface area (Å²) in [7, 11) is -3.47. The van der Waals surface area contributed by atoms with Gasteiger partial charge >= 0.3 is 0 Å². The van der Waals surface area contributed by atoms with E-state index in [9.17, 15) is 13.2 Å². The van der Waals surface area contributed by atoms with Gasteiger partial charge in [0.05, 0.1) is 4.90 Å². The number of hydrogen-bond donors (Lipinski definition) is 1. The molecule has 0 atom stereocenters. The van der Waals surface area contributed by atoms with Crippen LogP contribution in [0.4, 0.5) is 0 Å². The molecule has 0 radical (unpaired) electrons. The lowest BCUT2D eigenvalue weighted by atomic mass is 9.97. The normalized spacial score (nSPS) is 17.0. The van der Waals surface area contributed by atoms with Crippen molar-refractivity contribution >= 4 is 15.9 Å². The molecular formula is C18H28N2O3S. The molecule has 5 nitrogen and oxygen atoms in total. The van der Waals surface area contributed by atoms with Crippen LogP contribution in [-0.4, -0.2) is 38.3 Å². The number of carbonyl (C=O) groups excluding carboxylic acids is 1. The average Bonchev–Trinajstić information content (AvgIpc) is 2.57. The summed E-state index contributed by atoms with van der Waals surface area (Å²) in [6, 6.07) is 5.24. The van der Waals surface area contributed by atoms with Gasteiger partial charge in [0.15, 0.2) is 0 Å². The van der Waals surface area contributed by atoms with Crippen molar-refractivity contribution in [3.05, 3.63) is 29.3 Å². The molecule has 0 aromatic heterocycles. The molecule has 1 aliphatic rings. The van der Waals surface area contributed by atoms with E-state index >= 15 is 0 Å². The highest BCUT2D eigenvalue weighted by molar-refractivity contribution is 7.89. The number of unbranched alkanes of at least 4 members (excludes halogenated alkanes) is 1. The molecule has 1 amide bonds. The SMILES string of the molecule is CCCCNC(=O)C1CCN(S(=O)(=O)c2ccc(C)c(C)c2)CC1. The highest BCUT2D eigenvalue weighted by Gasteiger charge is 2.32. The molecule has 1 aromatic rings. The van der Waals surface area contributed by atoms with Crippen molar-refractivity contribution in [2.75, 3.05) is 19.6 Å². The first kappa shape index (κ1) is 18.9. The summed E-state index contributed by atoms with van der Waals surface area (Å²) in [4.78, 5) is 12.4. The zero-order valence-electron chi connectivity index (χ0n) is 14.8. The van der Waals surface area contributed by atoms with Gasteiger partial charge in [0.2, 0.25) is 15.9 Å². The summed E-state index contributed by atoms with van der Waals surface area (Å²) >= 11 is 0. The van der Waals surface area contributed by atoms with E-state index in [0.29, 0.717) is 37.4 Å². The molecule has 1 aromatic carbocycles. The zero-order chi connectivity index (χ0) is 17.7. The van der Waals surface area contributed by atoms with Crippen molar-refractivity contribution in [3.63, 3.8) is 0 Å². The van der Waals surface area contributed by atoms with Gasteiger partial charge in [-0.1, -0.05) is 19.4 Å². The maximum absolute atomic E-state index is 12.8. The molecule has 1 N–H and O–H groups in total. The Morgan fingerprint density at radius 3 is 2.46 bits per heavy atom. The Morgan fingerprint density at radius 2 is 1.88 bits per heavy atom. The van der Waals surface area contributed by atoms with Crippen molar-refractivity contribution in [1.29, 1.82) is 0 Å². The Labute approximate surface area is 145 Å². The van der Waals surface area contributed by atoms with E-state index < -0.39 is 10.0 Å². The summed E-state index contributed by atoms with van der Waals surface area (Å²) in [5.74, 6) is -0.0141. The number of carbonyl (C=O) groups is 1. The largest absolute Gasteiger partial charge is 0.356 e. The zero-order valence-corrected chi connectivity index (χ0v) is 15.7. The van der Waals surface area contributed by atoms with Gasteiger partial charge in [-0.3, -0.25) is 4.79 Å². The van der Waals surface area contributed by atoms with E-state index in [2.05, 4.69) is 12.2 Å². The molecule has 134 valence electrons. The van der Waals surface area contributed by atoms with Crippen molar-refractivity contribution < 1.29 is 13.2 Å². The lowest BCUT2D eigenvalue weighted by molar-refractivity contribution is -0.126. The molecule has 2 rings (SSSR count). The number of nitrogens with one attached hydrogen (secondary N) is 1. The lowest BCUT2D eigenvalue weighted by Crippen LogP contribution is -2.43. The first-order valence-corrected chi connectivity index (χ1v) is 10.2. The monoisotopic (exact) mass is 352 g/mol. The summed E-state index contributed by atoms with van der Waals surface area (Å²) in [6.07, 6.45) is 3.20. The predicted octanol–water partition coefficient (Wildman–Crippen LogP) is 2.62. The third kappa shape index (κ3) is 4.36. The molecule has 0 saturated carbocycles. The van der Waals surface area contributed by atoms with Crippen LogP contribution in [0.5, 0.6) is 0 Å². The molecule has 1 heterocycles. The number of nitrogens with zero attached hydrogens (tertiary/aromatic N) is 1.